The largest absolute Gasteiger partial charge is 0.356 e. The van der Waals surface area contributed by atoms with Crippen LogP contribution in [0, 0.1) is 0 Å². The second-order valence-corrected chi connectivity index (χ2v) is 7.68. The monoisotopic (exact) mass is 417 g/mol. The maximum atomic E-state index is 5.63. The zero-order valence-corrected chi connectivity index (χ0v) is 16.9. The van der Waals surface area contributed by atoms with E-state index in [9.17, 15) is 0 Å². The molecule has 1 saturated heterocycles. The van der Waals surface area contributed by atoms with Gasteiger partial charge in [0.25, 0.3) is 0 Å². The molecule has 0 radical (unpaired) electrons. The highest BCUT2D eigenvalue weighted by Gasteiger charge is 2.20. The Morgan fingerprint density at radius 3 is 2.36 bits per heavy atom. The van der Waals surface area contributed by atoms with Gasteiger partial charge in [0.2, 0.25) is 0 Å². The fourth-order valence-corrected chi connectivity index (χ4v) is 3.85. The van der Waals surface area contributed by atoms with Crippen LogP contribution in [-0.2, 0) is 6.54 Å². The lowest BCUT2D eigenvalue weighted by atomic mass is 10.1. The minimum atomic E-state index is 0.229. The van der Waals surface area contributed by atoms with Crippen molar-refractivity contribution in [1.82, 2.24) is 15.1 Å². The number of rotatable bonds is 4. The highest BCUT2D eigenvalue weighted by Crippen LogP contribution is 2.19. The van der Waals surface area contributed by atoms with Gasteiger partial charge in [-0.3, -0.25) is 4.90 Å². The van der Waals surface area contributed by atoms with Crippen LogP contribution in [-0.4, -0.2) is 41.1 Å². The van der Waals surface area contributed by atoms with Crippen molar-refractivity contribution in [2.24, 2.45) is 0 Å². The van der Waals surface area contributed by atoms with Crippen LogP contribution in [0.3, 0.4) is 0 Å². The number of hydrogen-bond donors (Lipinski definition) is 1. The molecule has 132 valence electrons. The quantitative estimate of drug-likeness (QED) is 0.750. The van der Waals surface area contributed by atoms with Crippen LogP contribution in [0.1, 0.15) is 24.1 Å². The van der Waals surface area contributed by atoms with Crippen LogP contribution < -0.4 is 5.32 Å². The third-order valence-electron chi connectivity index (χ3n) is 4.65. The van der Waals surface area contributed by atoms with Crippen molar-refractivity contribution in [3.63, 3.8) is 0 Å². The topological polar surface area (TPSA) is 18.5 Å². The molecule has 0 spiro atoms. The van der Waals surface area contributed by atoms with E-state index < -0.39 is 0 Å². The van der Waals surface area contributed by atoms with Gasteiger partial charge in [-0.2, -0.15) is 0 Å². The zero-order valence-electron chi connectivity index (χ0n) is 14.5. The maximum Gasteiger partial charge on any atom is 0.169 e. The molecule has 0 aliphatic carbocycles. The maximum absolute atomic E-state index is 5.63. The van der Waals surface area contributed by atoms with Gasteiger partial charge in [-0.15, -0.1) is 0 Å². The van der Waals surface area contributed by atoms with Gasteiger partial charge in [-0.1, -0.05) is 64.5 Å². The standard InChI is InChI=1S/C20H24BrN3S/c1-16(17-7-3-2-4-8-17)22-20(25)24-13-11-23(12-14-24)15-18-9-5-6-10-19(18)21/h2-10,16H,11-15H2,1H3,(H,22,25). The Kier molecular flexibility index (Phi) is 6.45. The van der Waals surface area contributed by atoms with Crippen molar-refractivity contribution in [2.75, 3.05) is 26.2 Å². The van der Waals surface area contributed by atoms with E-state index >= 15 is 0 Å². The van der Waals surface area contributed by atoms with Gasteiger partial charge in [0.05, 0.1) is 6.04 Å². The smallest absolute Gasteiger partial charge is 0.169 e. The van der Waals surface area contributed by atoms with Crippen LogP contribution in [0.2, 0.25) is 0 Å². The molecule has 1 heterocycles. The van der Waals surface area contributed by atoms with E-state index in [0.717, 1.165) is 37.8 Å². The first-order valence-electron chi connectivity index (χ1n) is 8.69. The van der Waals surface area contributed by atoms with E-state index in [0.29, 0.717) is 0 Å². The summed E-state index contributed by atoms with van der Waals surface area (Å²) < 4.78 is 1.19. The molecule has 3 nitrogen and oxygen atoms in total. The molecule has 1 fully saturated rings. The Morgan fingerprint density at radius 2 is 1.68 bits per heavy atom. The lowest BCUT2D eigenvalue weighted by Crippen LogP contribution is -2.51. The fraction of sp³-hybridized carbons (Fsp3) is 0.350. The van der Waals surface area contributed by atoms with E-state index in [-0.39, 0.29) is 6.04 Å². The van der Waals surface area contributed by atoms with Gasteiger partial charge < -0.3 is 10.2 Å². The summed E-state index contributed by atoms with van der Waals surface area (Å²) in [6, 6.07) is 19.1. The summed E-state index contributed by atoms with van der Waals surface area (Å²) in [5, 5.41) is 4.33. The molecular formula is C20H24BrN3S. The van der Waals surface area contributed by atoms with E-state index in [1.165, 1.54) is 15.6 Å². The highest BCUT2D eigenvalue weighted by atomic mass is 79.9. The average Bonchev–Trinajstić information content (AvgIpc) is 2.65. The number of thiocarbonyl (C=S) groups is 1. The van der Waals surface area contributed by atoms with Crippen LogP contribution in [0.5, 0.6) is 0 Å². The molecule has 0 saturated carbocycles. The minimum absolute atomic E-state index is 0.229. The summed E-state index contributed by atoms with van der Waals surface area (Å²) in [5.41, 5.74) is 2.60. The van der Waals surface area contributed by atoms with Crippen LogP contribution >= 0.6 is 28.1 Å². The SMILES string of the molecule is CC(NC(=S)N1CCN(Cc2ccccc2Br)CC1)c1ccccc1. The lowest BCUT2D eigenvalue weighted by Gasteiger charge is -2.37. The normalized spacial score (nSPS) is 16.5. The third-order valence-corrected chi connectivity index (χ3v) is 5.80. The van der Waals surface area contributed by atoms with E-state index in [4.69, 9.17) is 12.2 Å². The van der Waals surface area contributed by atoms with Gasteiger partial charge in [-0.05, 0) is 36.3 Å². The first-order valence-corrected chi connectivity index (χ1v) is 9.90. The Labute approximate surface area is 164 Å². The molecule has 1 aliphatic rings. The number of nitrogens with one attached hydrogen (secondary N) is 1. The van der Waals surface area contributed by atoms with Crippen molar-refractivity contribution in [1.29, 1.82) is 0 Å². The Hall–Kier alpha value is -1.43. The number of nitrogens with zero attached hydrogens (tertiary/aromatic N) is 2. The molecule has 1 aliphatic heterocycles. The van der Waals surface area contributed by atoms with Gasteiger partial charge in [0.1, 0.15) is 0 Å². The van der Waals surface area contributed by atoms with Crippen molar-refractivity contribution in [3.8, 4) is 0 Å². The number of benzene rings is 2. The summed E-state index contributed by atoms with van der Waals surface area (Å²) in [5.74, 6) is 0. The predicted octanol–water partition coefficient (Wildman–Crippen LogP) is 4.20. The third kappa shape index (κ3) is 5.03. The molecule has 2 aromatic rings. The molecule has 0 bridgehead atoms. The Morgan fingerprint density at radius 1 is 1.04 bits per heavy atom. The molecule has 0 aromatic heterocycles. The van der Waals surface area contributed by atoms with E-state index in [2.05, 4.69) is 86.5 Å². The molecule has 25 heavy (non-hydrogen) atoms. The Balaban J connectivity index is 1.48. The zero-order chi connectivity index (χ0) is 17.6. The van der Waals surface area contributed by atoms with E-state index in [1.807, 2.05) is 6.07 Å². The second kappa shape index (κ2) is 8.79. The molecule has 3 rings (SSSR count). The predicted molar refractivity (Wildman–Crippen MR) is 112 cm³/mol. The van der Waals surface area contributed by atoms with Gasteiger partial charge >= 0.3 is 0 Å². The first-order chi connectivity index (χ1) is 12.1. The minimum Gasteiger partial charge on any atom is -0.356 e. The summed E-state index contributed by atoms with van der Waals surface area (Å²) in [6.45, 7) is 7.14. The average molecular weight is 418 g/mol. The molecular weight excluding hydrogens is 394 g/mol. The lowest BCUT2D eigenvalue weighted by molar-refractivity contribution is 0.174. The molecule has 1 unspecified atom stereocenters. The van der Waals surface area contributed by atoms with Crippen molar-refractivity contribution in [3.05, 3.63) is 70.2 Å². The second-order valence-electron chi connectivity index (χ2n) is 6.44. The number of halogens is 1. The molecule has 0 amide bonds. The van der Waals surface area contributed by atoms with Crippen molar-refractivity contribution < 1.29 is 0 Å². The van der Waals surface area contributed by atoms with Gasteiger partial charge in [0.15, 0.2) is 5.11 Å². The van der Waals surface area contributed by atoms with Gasteiger partial charge in [0, 0.05) is 37.2 Å². The Bertz CT molecular complexity index is 699. The fourth-order valence-electron chi connectivity index (χ4n) is 3.08. The van der Waals surface area contributed by atoms with Crippen LogP contribution in [0.4, 0.5) is 0 Å². The van der Waals surface area contributed by atoms with Crippen molar-refractivity contribution in [2.45, 2.75) is 19.5 Å². The summed E-state index contributed by atoms with van der Waals surface area (Å²) in [4.78, 5) is 4.77. The first kappa shape index (κ1) is 18.4. The number of hydrogen-bond acceptors (Lipinski definition) is 2. The summed E-state index contributed by atoms with van der Waals surface area (Å²) in [6.07, 6.45) is 0. The molecule has 1 atom stereocenters. The van der Waals surface area contributed by atoms with Crippen molar-refractivity contribution >= 4 is 33.3 Å². The van der Waals surface area contributed by atoms with E-state index in [1.54, 1.807) is 0 Å². The summed E-state index contributed by atoms with van der Waals surface area (Å²) in [7, 11) is 0. The highest BCUT2D eigenvalue weighted by molar-refractivity contribution is 9.10. The molecule has 2 aromatic carbocycles. The summed E-state index contributed by atoms with van der Waals surface area (Å²) >= 11 is 9.27. The number of piperazine rings is 1. The van der Waals surface area contributed by atoms with Gasteiger partial charge in [-0.25, -0.2) is 0 Å². The molecule has 1 N–H and O–H groups in total. The van der Waals surface area contributed by atoms with Crippen LogP contribution in [0.25, 0.3) is 0 Å². The molecule has 5 heteroatoms. The van der Waals surface area contributed by atoms with Crippen LogP contribution in [0.15, 0.2) is 59.1 Å².